The molecule has 1 atom stereocenters. The van der Waals surface area contributed by atoms with Crippen LogP contribution >= 0.6 is 0 Å². The Kier molecular flexibility index (Phi) is 4.94. The van der Waals surface area contributed by atoms with E-state index in [9.17, 15) is 5.11 Å². The van der Waals surface area contributed by atoms with E-state index in [1.165, 1.54) is 0 Å². The number of benzene rings is 2. The number of rotatable bonds is 3. The molecule has 0 aromatic heterocycles. The molecule has 2 heteroatoms. The van der Waals surface area contributed by atoms with Crippen molar-refractivity contribution in [3.8, 4) is 5.75 Å². The highest BCUT2D eigenvalue weighted by Gasteiger charge is 2.21. The number of hydrogen-bond donors (Lipinski definition) is 1. The highest BCUT2D eigenvalue weighted by Crippen LogP contribution is 2.31. The number of hydrogen-bond acceptors (Lipinski definition) is 2. The molecule has 1 N–H and O–H groups in total. The number of ether oxygens (including phenoxy) is 1. The quantitative estimate of drug-likeness (QED) is 0.890. The standard InChI is InChI=1S/C21H22O2/c1-23-20-12-10-17(11-13-20)15-19-9-5-8-18(21(19)22)14-16-6-3-2-4-7-16/h2-4,6-7,10-15,21-22H,5,8-9H2,1H3/b18-14-,19-15-. The van der Waals surface area contributed by atoms with E-state index < -0.39 is 6.10 Å². The SMILES string of the molecule is COc1ccc(/C=C2/CCC/C(=C/c3ccccc3)C2O)cc1. The first-order chi connectivity index (χ1) is 11.3. The molecule has 0 saturated heterocycles. The van der Waals surface area contributed by atoms with Gasteiger partial charge in [-0.05, 0) is 53.7 Å². The van der Waals surface area contributed by atoms with Gasteiger partial charge in [0.15, 0.2) is 0 Å². The molecule has 0 aliphatic heterocycles. The van der Waals surface area contributed by atoms with Gasteiger partial charge in [0.1, 0.15) is 5.75 Å². The first-order valence-corrected chi connectivity index (χ1v) is 8.04. The summed E-state index contributed by atoms with van der Waals surface area (Å²) in [5.41, 5.74) is 4.43. The number of aliphatic hydroxyl groups is 1. The molecule has 2 aromatic rings. The zero-order valence-electron chi connectivity index (χ0n) is 13.4. The Morgan fingerprint density at radius 2 is 1.43 bits per heavy atom. The van der Waals surface area contributed by atoms with E-state index in [2.05, 4.69) is 24.3 Å². The van der Waals surface area contributed by atoms with Gasteiger partial charge in [-0.1, -0.05) is 54.6 Å². The monoisotopic (exact) mass is 306 g/mol. The first-order valence-electron chi connectivity index (χ1n) is 8.04. The lowest BCUT2D eigenvalue weighted by molar-refractivity contribution is 0.229. The van der Waals surface area contributed by atoms with Crippen molar-refractivity contribution in [3.63, 3.8) is 0 Å². The van der Waals surface area contributed by atoms with Crippen LogP contribution < -0.4 is 4.74 Å². The van der Waals surface area contributed by atoms with Crippen molar-refractivity contribution in [1.29, 1.82) is 0 Å². The summed E-state index contributed by atoms with van der Waals surface area (Å²) < 4.78 is 5.18. The fourth-order valence-corrected chi connectivity index (χ4v) is 2.99. The third-order valence-electron chi connectivity index (χ3n) is 4.25. The van der Waals surface area contributed by atoms with Crippen LogP contribution in [0, 0.1) is 0 Å². The number of aliphatic hydroxyl groups excluding tert-OH is 1. The van der Waals surface area contributed by atoms with Crippen LogP contribution in [0.15, 0.2) is 65.7 Å². The Bertz CT molecular complexity index is 696. The summed E-state index contributed by atoms with van der Waals surface area (Å²) in [5.74, 6) is 0.848. The van der Waals surface area contributed by atoms with Gasteiger partial charge >= 0.3 is 0 Å². The van der Waals surface area contributed by atoms with Crippen LogP contribution in [0.5, 0.6) is 5.75 Å². The van der Waals surface area contributed by atoms with Gasteiger partial charge in [0, 0.05) is 0 Å². The topological polar surface area (TPSA) is 29.5 Å². The molecule has 2 nitrogen and oxygen atoms in total. The fourth-order valence-electron chi connectivity index (χ4n) is 2.99. The molecule has 1 aliphatic carbocycles. The van der Waals surface area contributed by atoms with E-state index in [0.29, 0.717) is 0 Å². The van der Waals surface area contributed by atoms with E-state index >= 15 is 0 Å². The predicted molar refractivity (Wildman–Crippen MR) is 95.2 cm³/mol. The van der Waals surface area contributed by atoms with Crippen LogP contribution in [0.3, 0.4) is 0 Å². The van der Waals surface area contributed by atoms with Gasteiger partial charge in [0.05, 0.1) is 13.2 Å². The normalized spacial score (nSPS) is 21.6. The predicted octanol–water partition coefficient (Wildman–Crippen LogP) is 4.71. The Balaban J connectivity index is 1.82. The molecular formula is C21H22O2. The molecule has 0 bridgehead atoms. The maximum absolute atomic E-state index is 10.7. The van der Waals surface area contributed by atoms with Crippen molar-refractivity contribution in [1.82, 2.24) is 0 Å². The van der Waals surface area contributed by atoms with Crippen molar-refractivity contribution in [3.05, 3.63) is 76.9 Å². The summed E-state index contributed by atoms with van der Waals surface area (Å²) in [6, 6.07) is 18.1. The molecule has 0 spiro atoms. The zero-order chi connectivity index (χ0) is 16.1. The van der Waals surface area contributed by atoms with Gasteiger partial charge < -0.3 is 9.84 Å². The van der Waals surface area contributed by atoms with Gasteiger partial charge in [-0.25, -0.2) is 0 Å². The van der Waals surface area contributed by atoms with Crippen molar-refractivity contribution in [2.75, 3.05) is 7.11 Å². The van der Waals surface area contributed by atoms with E-state index in [1.54, 1.807) is 7.11 Å². The molecule has 1 fully saturated rings. The lowest BCUT2D eigenvalue weighted by atomic mass is 9.85. The molecule has 3 rings (SSSR count). The molecule has 0 radical (unpaired) electrons. The molecule has 1 unspecified atom stereocenters. The maximum Gasteiger partial charge on any atom is 0.118 e. The minimum Gasteiger partial charge on any atom is -0.497 e. The van der Waals surface area contributed by atoms with Crippen molar-refractivity contribution < 1.29 is 9.84 Å². The fraction of sp³-hybridized carbons (Fsp3) is 0.238. The Morgan fingerprint density at radius 3 is 2.00 bits per heavy atom. The smallest absolute Gasteiger partial charge is 0.118 e. The highest BCUT2D eigenvalue weighted by atomic mass is 16.5. The number of methoxy groups -OCH3 is 1. The van der Waals surface area contributed by atoms with Crippen LogP contribution in [0.25, 0.3) is 12.2 Å². The highest BCUT2D eigenvalue weighted by molar-refractivity contribution is 5.61. The molecule has 23 heavy (non-hydrogen) atoms. The van der Waals surface area contributed by atoms with E-state index in [0.717, 1.165) is 47.3 Å². The summed E-state index contributed by atoms with van der Waals surface area (Å²) in [6.07, 6.45) is 6.71. The van der Waals surface area contributed by atoms with Crippen LogP contribution in [-0.4, -0.2) is 18.3 Å². The van der Waals surface area contributed by atoms with Crippen LogP contribution in [0.4, 0.5) is 0 Å². The van der Waals surface area contributed by atoms with Crippen LogP contribution in [0.1, 0.15) is 30.4 Å². The average molecular weight is 306 g/mol. The summed E-state index contributed by atoms with van der Waals surface area (Å²) in [6.45, 7) is 0. The third-order valence-corrected chi connectivity index (χ3v) is 4.25. The van der Waals surface area contributed by atoms with Crippen LogP contribution in [0.2, 0.25) is 0 Å². The van der Waals surface area contributed by atoms with Gasteiger partial charge in [-0.2, -0.15) is 0 Å². The van der Waals surface area contributed by atoms with Gasteiger partial charge in [-0.15, -0.1) is 0 Å². The summed E-state index contributed by atoms with van der Waals surface area (Å²) in [7, 11) is 1.67. The van der Waals surface area contributed by atoms with Gasteiger partial charge in [0.2, 0.25) is 0 Å². The molecule has 0 amide bonds. The third kappa shape index (κ3) is 3.91. The second-order valence-electron chi connectivity index (χ2n) is 5.88. The molecule has 1 saturated carbocycles. The van der Waals surface area contributed by atoms with Gasteiger partial charge in [0.25, 0.3) is 0 Å². The van der Waals surface area contributed by atoms with E-state index in [-0.39, 0.29) is 0 Å². The van der Waals surface area contributed by atoms with Crippen molar-refractivity contribution in [2.24, 2.45) is 0 Å². The maximum atomic E-state index is 10.7. The zero-order valence-corrected chi connectivity index (χ0v) is 13.4. The van der Waals surface area contributed by atoms with Gasteiger partial charge in [-0.3, -0.25) is 0 Å². The summed E-state index contributed by atoms with van der Waals surface area (Å²) >= 11 is 0. The second-order valence-corrected chi connectivity index (χ2v) is 5.88. The Hall–Kier alpha value is -2.32. The lowest BCUT2D eigenvalue weighted by Gasteiger charge is -2.24. The molecular weight excluding hydrogens is 284 g/mol. The summed E-state index contributed by atoms with van der Waals surface area (Å²) in [4.78, 5) is 0. The second kappa shape index (κ2) is 7.30. The molecule has 0 heterocycles. The molecule has 118 valence electrons. The summed E-state index contributed by atoms with van der Waals surface area (Å²) in [5, 5.41) is 10.7. The largest absolute Gasteiger partial charge is 0.497 e. The molecule has 1 aliphatic rings. The minimum atomic E-state index is -0.481. The Morgan fingerprint density at radius 1 is 0.870 bits per heavy atom. The first kappa shape index (κ1) is 15.6. The average Bonchev–Trinajstić information content (AvgIpc) is 2.60. The van der Waals surface area contributed by atoms with Crippen molar-refractivity contribution >= 4 is 12.2 Å². The minimum absolute atomic E-state index is 0.481. The van der Waals surface area contributed by atoms with Crippen molar-refractivity contribution in [2.45, 2.75) is 25.4 Å². The van der Waals surface area contributed by atoms with E-state index in [4.69, 9.17) is 4.74 Å². The van der Waals surface area contributed by atoms with E-state index in [1.807, 2.05) is 42.5 Å². The lowest BCUT2D eigenvalue weighted by Crippen LogP contribution is -2.18. The molecule has 2 aromatic carbocycles. The Labute approximate surface area is 137 Å². The van der Waals surface area contributed by atoms with Crippen LogP contribution in [-0.2, 0) is 0 Å².